The van der Waals surface area contributed by atoms with E-state index in [2.05, 4.69) is 5.32 Å². The number of phenolic OH excluding ortho intramolecular Hbond substituents is 2. The average molecular weight is 485 g/mol. The van der Waals surface area contributed by atoms with Crippen LogP contribution < -0.4 is 10.1 Å². The van der Waals surface area contributed by atoms with Gasteiger partial charge in [-0.15, -0.1) is 0 Å². The number of rotatable bonds is 6. The van der Waals surface area contributed by atoms with Gasteiger partial charge in [0.15, 0.2) is 0 Å². The molecule has 11 heteroatoms. The van der Waals surface area contributed by atoms with Gasteiger partial charge in [-0.05, 0) is 48.0 Å². The summed E-state index contributed by atoms with van der Waals surface area (Å²) in [4.78, 5) is 12.5. The molecule has 0 radical (unpaired) electrons. The van der Waals surface area contributed by atoms with Crippen molar-refractivity contribution in [2.75, 3.05) is 11.9 Å². The molecule has 5 nitrogen and oxygen atoms in total. The number of carbonyl (C=O) groups is 1. The van der Waals surface area contributed by atoms with Gasteiger partial charge in [-0.2, -0.15) is 26.3 Å². The van der Waals surface area contributed by atoms with Gasteiger partial charge in [0, 0.05) is 6.42 Å². The van der Waals surface area contributed by atoms with E-state index in [-0.39, 0.29) is 35.8 Å². The van der Waals surface area contributed by atoms with Crippen molar-refractivity contribution in [3.8, 4) is 17.2 Å². The van der Waals surface area contributed by atoms with Gasteiger partial charge in [-0.25, -0.2) is 0 Å². The highest BCUT2D eigenvalue weighted by atomic mass is 19.4. The van der Waals surface area contributed by atoms with Gasteiger partial charge < -0.3 is 20.3 Å². The minimum Gasteiger partial charge on any atom is -0.508 e. The Balaban J connectivity index is 1.82. The molecule has 3 rings (SSSR count). The second-order valence-corrected chi connectivity index (χ2v) is 7.16. The van der Waals surface area contributed by atoms with E-state index in [0.717, 1.165) is 42.5 Å². The molecule has 0 aliphatic rings. The maximum atomic E-state index is 13.2. The van der Waals surface area contributed by atoms with Gasteiger partial charge >= 0.3 is 12.4 Å². The van der Waals surface area contributed by atoms with E-state index in [1.165, 1.54) is 12.1 Å². The molecule has 180 valence electrons. The Kier molecular flexibility index (Phi) is 6.94. The fourth-order valence-electron chi connectivity index (χ4n) is 3.01. The van der Waals surface area contributed by atoms with Crippen LogP contribution in [0.15, 0.2) is 60.7 Å². The van der Waals surface area contributed by atoms with Gasteiger partial charge in [0.2, 0.25) is 0 Å². The molecular weight excluding hydrogens is 468 g/mol. The van der Waals surface area contributed by atoms with Crippen LogP contribution in [0, 0.1) is 0 Å². The molecule has 0 atom stereocenters. The quantitative estimate of drug-likeness (QED) is 0.295. The largest absolute Gasteiger partial charge is 0.508 e. The van der Waals surface area contributed by atoms with Crippen molar-refractivity contribution in [2.45, 2.75) is 18.8 Å². The van der Waals surface area contributed by atoms with Crippen LogP contribution in [0.3, 0.4) is 0 Å². The number of hydrogen-bond donors (Lipinski definition) is 3. The molecule has 1 amide bonds. The SMILES string of the molecule is O=C(Nc1cc(C(F)(F)F)ccc1OCCc1cccc(C(F)(F)F)c1)c1cc(O)ccc1O. The van der Waals surface area contributed by atoms with E-state index in [0.29, 0.717) is 6.07 Å². The van der Waals surface area contributed by atoms with Crippen molar-refractivity contribution in [1.82, 2.24) is 0 Å². The van der Waals surface area contributed by atoms with Crippen molar-refractivity contribution in [3.63, 3.8) is 0 Å². The molecule has 0 unspecified atom stereocenters. The highest BCUT2D eigenvalue weighted by molar-refractivity contribution is 6.07. The van der Waals surface area contributed by atoms with E-state index in [1.54, 1.807) is 0 Å². The summed E-state index contributed by atoms with van der Waals surface area (Å²) in [6.45, 7) is -0.201. The number of anilines is 1. The number of aromatic hydroxyl groups is 2. The Morgan fingerprint density at radius 2 is 1.53 bits per heavy atom. The molecule has 0 bridgehead atoms. The third-order valence-corrected chi connectivity index (χ3v) is 4.68. The number of ether oxygens (including phenoxy) is 1. The molecule has 0 heterocycles. The number of phenols is 2. The first-order valence-electron chi connectivity index (χ1n) is 9.68. The normalized spacial score (nSPS) is 11.8. The van der Waals surface area contributed by atoms with Gasteiger partial charge in [0.1, 0.15) is 17.2 Å². The summed E-state index contributed by atoms with van der Waals surface area (Å²) < 4.78 is 83.5. The Bertz CT molecular complexity index is 1190. The molecule has 0 aromatic heterocycles. The summed E-state index contributed by atoms with van der Waals surface area (Å²) in [5.41, 5.74) is -2.43. The minimum atomic E-state index is -4.73. The van der Waals surface area contributed by atoms with Crippen LogP contribution in [-0.4, -0.2) is 22.7 Å². The first-order valence-corrected chi connectivity index (χ1v) is 9.68. The maximum Gasteiger partial charge on any atom is 0.416 e. The maximum absolute atomic E-state index is 13.2. The average Bonchev–Trinajstić information content (AvgIpc) is 2.75. The van der Waals surface area contributed by atoms with Crippen LogP contribution in [0.4, 0.5) is 32.0 Å². The Morgan fingerprint density at radius 3 is 2.21 bits per heavy atom. The smallest absolute Gasteiger partial charge is 0.416 e. The molecule has 0 spiro atoms. The zero-order valence-electron chi connectivity index (χ0n) is 17.2. The topological polar surface area (TPSA) is 78.8 Å². The highest BCUT2D eigenvalue weighted by Crippen LogP contribution is 2.36. The van der Waals surface area contributed by atoms with Crippen LogP contribution in [0.25, 0.3) is 0 Å². The summed E-state index contributed by atoms with van der Waals surface area (Å²) in [7, 11) is 0. The first-order chi connectivity index (χ1) is 15.8. The van der Waals surface area contributed by atoms with Crippen LogP contribution in [-0.2, 0) is 18.8 Å². The van der Waals surface area contributed by atoms with Gasteiger partial charge in [-0.1, -0.05) is 18.2 Å². The summed E-state index contributed by atoms with van der Waals surface area (Å²) >= 11 is 0. The lowest BCUT2D eigenvalue weighted by Crippen LogP contribution is -2.15. The molecule has 3 N–H and O–H groups in total. The Labute approximate surface area is 189 Å². The van der Waals surface area contributed by atoms with Crippen LogP contribution >= 0.6 is 0 Å². The fraction of sp³-hybridized carbons (Fsp3) is 0.174. The molecule has 34 heavy (non-hydrogen) atoms. The monoisotopic (exact) mass is 485 g/mol. The van der Waals surface area contributed by atoms with Crippen LogP contribution in [0.1, 0.15) is 27.0 Å². The Morgan fingerprint density at radius 1 is 0.853 bits per heavy atom. The second kappa shape index (κ2) is 9.54. The minimum absolute atomic E-state index is 0.00563. The number of alkyl halides is 6. The Hall–Kier alpha value is -3.89. The number of benzene rings is 3. The number of halogens is 6. The zero-order chi connectivity index (χ0) is 25.1. The lowest BCUT2D eigenvalue weighted by atomic mass is 10.1. The molecule has 3 aromatic carbocycles. The van der Waals surface area contributed by atoms with E-state index in [9.17, 15) is 41.4 Å². The zero-order valence-corrected chi connectivity index (χ0v) is 17.2. The number of amides is 1. The van der Waals surface area contributed by atoms with Crippen molar-refractivity contribution in [3.05, 3.63) is 82.9 Å². The number of nitrogens with one attached hydrogen (secondary N) is 1. The third-order valence-electron chi connectivity index (χ3n) is 4.68. The molecule has 0 aliphatic carbocycles. The number of carbonyl (C=O) groups excluding carboxylic acids is 1. The third kappa shape index (κ3) is 6.12. The first kappa shape index (κ1) is 24.7. The van der Waals surface area contributed by atoms with Gasteiger partial charge in [0.25, 0.3) is 5.91 Å². The van der Waals surface area contributed by atoms with E-state index < -0.39 is 40.7 Å². The predicted octanol–water partition coefficient (Wildman–Crippen LogP) is 6.01. The molecule has 0 saturated heterocycles. The van der Waals surface area contributed by atoms with Crippen molar-refractivity contribution < 1.29 is 46.1 Å². The molecular formula is C23H17F6NO4. The molecule has 0 saturated carbocycles. The predicted molar refractivity (Wildman–Crippen MR) is 110 cm³/mol. The van der Waals surface area contributed by atoms with Crippen molar-refractivity contribution >= 4 is 11.6 Å². The molecule has 0 aliphatic heterocycles. The van der Waals surface area contributed by atoms with Crippen molar-refractivity contribution in [2.24, 2.45) is 0 Å². The van der Waals surface area contributed by atoms with E-state index in [1.807, 2.05) is 0 Å². The van der Waals surface area contributed by atoms with Crippen LogP contribution in [0.2, 0.25) is 0 Å². The standard InChI is InChI=1S/C23H17F6NO4/c24-22(25,26)14-3-1-2-13(10-14)8-9-34-20-7-4-15(23(27,28)29)11-18(20)30-21(33)17-12-16(31)5-6-19(17)32/h1-7,10-12,31-32H,8-9H2,(H,30,33). The lowest BCUT2D eigenvalue weighted by molar-refractivity contribution is -0.138. The summed E-state index contributed by atoms with van der Waals surface area (Å²) in [6.07, 6.45) is -9.26. The molecule has 0 fully saturated rings. The van der Waals surface area contributed by atoms with Gasteiger partial charge in [0.05, 0.1) is 29.0 Å². The summed E-state index contributed by atoms with van der Waals surface area (Å²) in [5.74, 6) is -2.07. The number of hydrogen-bond acceptors (Lipinski definition) is 4. The lowest BCUT2D eigenvalue weighted by Gasteiger charge is -2.16. The summed E-state index contributed by atoms with van der Waals surface area (Å²) in [6, 6.07) is 9.88. The van der Waals surface area contributed by atoms with E-state index >= 15 is 0 Å². The van der Waals surface area contributed by atoms with Gasteiger partial charge in [-0.3, -0.25) is 4.79 Å². The van der Waals surface area contributed by atoms with Crippen LogP contribution in [0.5, 0.6) is 17.2 Å². The summed E-state index contributed by atoms with van der Waals surface area (Å²) in [5, 5.41) is 21.5. The fourth-order valence-corrected chi connectivity index (χ4v) is 3.01. The second-order valence-electron chi connectivity index (χ2n) is 7.16. The van der Waals surface area contributed by atoms with E-state index in [4.69, 9.17) is 4.74 Å². The highest BCUT2D eigenvalue weighted by Gasteiger charge is 2.32. The molecule has 3 aromatic rings. The van der Waals surface area contributed by atoms with Crippen molar-refractivity contribution in [1.29, 1.82) is 0 Å².